The summed E-state index contributed by atoms with van der Waals surface area (Å²) < 4.78 is 13.5. The average Bonchev–Trinajstić information content (AvgIpc) is 2.41. The Kier molecular flexibility index (Phi) is 4.46. The van der Waals surface area contributed by atoms with E-state index in [0.29, 0.717) is 5.16 Å². The fourth-order valence-electron chi connectivity index (χ4n) is 1.40. The molecule has 0 radical (unpaired) electrons. The highest BCUT2D eigenvalue weighted by atomic mass is 32.2. The summed E-state index contributed by atoms with van der Waals surface area (Å²) in [5.74, 6) is -0.591. The highest BCUT2D eigenvalue weighted by Crippen LogP contribution is 2.16. The van der Waals surface area contributed by atoms with Crippen LogP contribution >= 0.6 is 11.8 Å². The zero-order chi connectivity index (χ0) is 13.7. The van der Waals surface area contributed by atoms with Crippen LogP contribution < -0.4 is 5.32 Å². The van der Waals surface area contributed by atoms with Crippen molar-refractivity contribution < 1.29 is 9.18 Å². The van der Waals surface area contributed by atoms with Crippen molar-refractivity contribution in [3.63, 3.8) is 0 Å². The number of hydrogen-bond acceptors (Lipinski definition) is 4. The van der Waals surface area contributed by atoms with Crippen LogP contribution in [0, 0.1) is 12.7 Å². The molecule has 6 heteroatoms. The second-order valence-electron chi connectivity index (χ2n) is 3.85. The third kappa shape index (κ3) is 4.03. The maximum Gasteiger partial charge on any atom is 0.234 e. The lowest BCUT2D eigenvalue weighted by atomic mass is 10.2. The smallest absolute Gasteiger partial charge is 0.234 e. The maximum atomic E-state index is 13.5. The highest BCUT2D eigenvalue weighted by Gasteiger charge is 2.08. The van der Waals surface area contributed by atoms with Gasteiger partial charge in [-0.25, -0.2) is 14.4 Å². The maximum absolute atomic E-state index is 13.5. The molecule has 98 valence electrons. The van der Waals surface area contributed by atoms with Crippen LogP contribution in [0.4, 0.5) is 10.1 Å². The van der Waals surface area contributed by atoms with Gasteiger partial charge in [0.25, 0.3) is 0 Å². The van der Waals surface area contributed by atoms with Crippen LogP contribution in [0.1, 0.15) is 5.56 Å². The minimum absolute atomic E-state index is 0.136. The van der Waals surface area contributed by atoms with E-state index in [0.717, 1.165) is 5.56 Å². The van der Waals surface area contributed by atoms with E-state index in [9.17, 15) is 9.18 Å². The highest BCUT2D eigenvalue weighted by molar-refractivity contribution is 7.99. The monoisotopic (exact) mass is 277 g/mol. The van der Waals surface area contributed by atoms with Gasteiger partial charge in [0.1, 0.15) is 5.82 Å². The van der Waals surface area contributed by atoms with Crippen LogP contribution in [0.15, 0.2) is 41.8 Å². The molecular weight excluding hydrogens is 265 g/mol. The Morgan fingerprint density at radius 2 is 2.11 bits per heavy atom. The number of carbonyl (C=O) groups excluding carboxylic acids is 1. The molecule has 2 aromatic rings. The molecule has 0 fully saturated rings. The Balaban J connectivity index is 1.91. The van der Waals surface area contributed by atoms with Crippen molar-refractivity contribution in [3.05, 3.63) is 48.0 Å². The molecule has 1 aromatic carbocycles. The van der Waals surface area contributed by atoms with E-state index in [4.69, 9.17) is 0 Å². The van der Waals surface area contributed by atoms with Crippen LogP contribution in [-0.4, -0.2) is 21.6 Å². The molecule has 4 nitrogen and oxygen atoms in total. The van der Waals surface area contributed by atoms with Crippen LogP contribution in [0.2, 0.25) is 0 Å². The van der Waals surface area contributed by atoms with Crippen LogP contribution in [0.3, 0.4) is 0 Å². The molecule has 1 amide bonds. The number of amides is 1. The van der Waals surface area contributed by atoms with E-state index in [-0.39, 0.29) is 17.3 Å². The van der Waals surface area contributed by atoms with Crippen molar-refractivity contribution >= 4 is 23.4 Å². The zero-order valence-corrected chi connectivity index (χ0v) is 11.1. The number of halogens is 1. The van der Waals surface area contributed by atoms with Gasteiger partial charge in [0, 0.05) is 12.4 Å². The SMILES string of the molecule is Cc1ccc(NC(=O)CSc2ncccn2)c(F)c1. The third-order valence-electron chi connectivity index (χ3n) is 2.27. The average molecular weight is 277 g/mol. The van der Waals surface area contributed by atoms with Gasteiger partial charge in [0.05, 0.1) is 11.4 Å². The van der Waals surface area contributed by atoms with E-state index in [1.165, 1.54) is 17.8 Å². The Bertz CT molecular complexity index is 577. The van der Waals surface area contributed by atoms with E-state index in [2.05, 4.69) is 15.3 Å². The predicted octanol–water partition coefficient (Wildman–Crippen LogP) is 2.65. The Hall–Kier alpha value is -1.95. The van der Waals surface area contributed by atoms with Crippen molar-refractivity contribution in [2.24, 2.45) is 0 Å². The summed E-state index contributed by atoms with van der Waals surface area (Å²) in [5, 5.41) is 3.03. The standard InChI is InChI=1S/C13H12FN3OS/c1-9-3-4-11(10(14)7-9)17-12(18)8-19-13-15-5-2-6-16-13/h2-7H,8H2,1H3,(H,17,18). The van der Waals surface area contributed by atoms with E-state index >= 15 is 0 Å². The normalized spacial score (nSPS) is 10.2. The number of aromatic nitrogens is 2. The molecule has 0 aliphatic rings. The molecule has 2 rings (SSSR count). The predicted molar refractivity (Wildman–Crippen MR) is 72.5 cm³/mol. The summed E-state index contributed by atoms with van der Waals surface area (Å²) in [5.41, 5.74) is 0.993. The lowest BCUT2D eigenvalue weighted by Gasteiger charge is -2.06. The van der Waals surface area contributed by atoms with Crippen molar-refractivity contribution in [1.29, 1.82) is 0 Å². The van der Waals surface area contributed by atoms with Gasteiger partial charge < -0.3 is 5.32 Å². The first-order valence-electron chi connectivity index (χ1n) is 5.61. The molecule has 0 aliphatic heterocycles. The van der Waals surface area contributed by atoms with Gasteiger partial charge in [-0.3, -0.25) is 4.79 Å². The van der Waals surface area contributed by atoms with E-state index < -0.39 is 5.82 Å². The zero-order valence-electron chi connectivity index (χ0n) is 10.3. The van der Waals surface area contributed by atoms with E-state index in [1.54, 1.807) is 37.5 Å². The minimum atomic E-state index is -0.436. The number of carbonyl (C=O) groups is 1. The number of nitrogens with zero attached hydrogens (tertiary/aromatic N) is 2. The van der Waals surface area contributed by atoms with Gasteiger partial charge in [0.15, 0.2) is 5.16 Å². The molecule has 1 heterocycles. The van der Waals surface area contributed by atoms with Crippen LogP contribution in [0.25, 0.3) is 0 Å². The third-order valence-corrected chi connectivity index (χ3v) is 3.15. The van der Waals surface area contributed by atoms with Crippen LogP contribution in [-0.2, 0) is 4.79 Å². The summed E-state index contributed by atoms with van der Waals surface area (Å²) in [7, 11) is 0. The summed E-state index contributed by atoms with van der Waals surface area (Å²) in [4.78, 5) is 19.6. The largest absolute Gasteiger partial charge is 0.323 e. The summed E-state index contributed by atoms with van der Waals surface area (Å²) in [6, 6.07) is 6.37. The quantitative estimate of drug-likeness (QED) is 0.689. The molecule has 0 saturated carbocycles. The summed E-state index contributed by atoms with van der Waals surface area (Å²) >= 11 is 1.20. The molecule has 0 spiro atoms. The Morgan fingerprint density at radius 1 is 1.37 bits per heavy atom. The van der Waals surface area contributed by atoms with Gasteiger partial charge in [-0.15, -0.1) is 0 Å². The van der Waals surface area contributed by atoms with Crippen LogP contribution in [0.5, 0.6) is 0 Å². The summed E-state index contributed by atoms with van der Waals surface area (Å²) in [6.07, 6.45) is 3.21. The van der Waals surface area contributed by atoms with Gasteiger partial charge in [0.2, 0.25) is 5.91 Å². The Labute approximate surface area is 114 Å². The number of anilines is 1. The number of rotatable bonds is 4. The van der Waals surface area contributed by atoms with Gasteiger partial charge in [-0.05, 0) is 30.7 Å². The molecule has 0 saturated heterocycles. The van der Waals surface area contributed by atoms with Gasteiger partial charge in [-0.2, -0.15) is 0 Å². The van der Waals surface area contributed by atoms with Crippen molar-refractivity contribution in [2.75, 3.05) is 11.1 Å². The molecule has 0 aliphatic carbocycles. The number of benzene rings is 1. The first-order valence-corrected chi connectivity index (χ1v) is 6.59. The number of thioether (sulfide) groups is 1. The second-order valence-corrected chi connectivity index (χ2v) is 4.79. The Morgan fingerprint density at radius 3 is 2.79 bits per heavy atom. The fourth-order valence-corrected chi connectivity index (χ4v) is 2.00. The first kappa shape index (κ1) is 13.5. The lowest BCUT2D eigenvalue weighted by Crippen LogP contribution is -2.15. The molecule has 1 N–H and O–H groups in total. The molecule has 19 heavy (non-hydrogen) atoms. The fraction of sp³-hybridized carbons (Fsp3) is 0.154. The number of hydrogen-bond donors (Lipinski definition) is 1. The molecular formula is C13H12FN3OS. The molecule has 1 aromatic heterocycles. The van der Waals surface area contributed by atoms with Crippen molar-refractivity contribution in [3.8, 4) is 0 Å². The minimum Gasteiger partial charge on any atom is -0.323 e. The lowest BCUT2D eigenvalue weighted by molar-refractivity contribution is -0.113. The number of nitrogens with one attached hydrogen (secondary N) is 1. The van der Waals surface area contributed by atoms with Gasteiger partial charge >= 0.3 is 0 Å². The molecule has 0 atom stereocenters. The summed E-state index contributed by atoms with van der Waals surface area (Å²) in [6.45, 7) is 1.79. The topological polar surface area (TPSA) is 54.9 Å². The van der Waals surface area contributed by atoms with E-state index in [1.807, 2.05) is 0 Å². The van der Waals surface area contributed by atoms with Crippen molar-refractivity contribution in [1.82, 2.24) is 9.97 Å². The number of aryl methyl sites for hydroxylation is 1. The molecule has 0 bridgehead atoms. The molecule has 0 unspecified atom stereocenters. The second kappa shape index (κ2) is 6.29. The first-order chi connectivity index (χ1) is 9.15. The van der Waals surface area contributed by atoms with Gasteiger partial charge in [-0.1, -0.05) is 17.8 Å². The van der Waals surface area contributed by atoms with Crippen molar-refractivity contribution in [2.45, 2.75) is 12.1 Å².